The van der Waals surface area contributed by atoms with Gasteiger partial charge in [0.1, 0.15) is 17.9 Å². The Balaban J connectivity index is 1.52. The number of ether oxygens (including phenoxy) is 1. The van der Waals surface area contributed by atoms with Gasteiger partial charge in [-0.25, -0.2) is 4.98 Å². The number of pyridine rings is 1. The molecule has 2 heterocycles. The minimum absolute atomic E-state index is 0.517. The van der Waals surface area contributed by atoms with Crippen LogP contribution in [0.1, 0.15) is 18.1 Å². The summed E-state index contributed by atoms with van der Waals surface area (Å²) in [6.45, 7) is 2.54. The van der Waals surface area contributed by atoms with E-state index in [1.807, 2.05) is 37.3 Å². The summed E-state index contributed by atoms with van der Waals surface area (Å²) in [6.07, 6.45) is 5.53. The maximum absolute atomic E-state index is 5.88. The van der Waals surface area contributed by atoms with Crippen molar-refractivity contribution in [2.24, 2.45) is 0 Å². The highest BCUT2D eigenvalue weighted by Gasteiger charge is 2.09. The standard InChI is InChI=1S/C21H17N2O2/c1-2-15-5-7-16(8-6-15)14-24-18-9-10-20-19(12-18)23-21(25-20)17-4-3-11-22-13-17/h2-13H,14H2,1H3. The third-order valence-electron chi connectivity index (χ3n) is 3.99. The quantitative estimate of drug-likeness (QED) is 0.514. The van der Waals surface area contributed by atoms with Gasteiger partial charge in [-0.05, 0) is 41.8 Å². The minimum atomic E-state index is 0.517. The number of benzene rings is 2. The molecule has 2 aromatic carbocycles. The van der Waals surface area contributed by atoms with Gasteiger partial charge in [0.25, 0.3) is 0 Å². The van der Waals surface area contributed by atoms with Crippen LogP contribution in [-0.2, 0) is 6.61 Å². The predicted molar refractivity (Wildman–Crippen MR) is 97.1 cm³/mol. The first-order valence-electron chi connectivity index (χ1n) is 8.14. The molecular weight excluding hydrogens is 312 g/mol. The van der Waals surface area contributed by atoms with Crippen LogP contribution in [0.4, 0.5) is 0 Å². The maximum atomic E-state index is 5.88. The van der Waals surface area contributed by atoms with E-state index in [0.29, 0.717) is 12.5 Å². The van der Waals surface area contributed by atoms with Crippen molar-refractivity contribution in [2.75, 3.05) is 0 Å². The lowest BCUT2D eigenvalue weighted by Gasteiger charge is -2.06. The van der Waals surface area contributed by atoms with E-state index < -0.39 is 0 Å². The summed E-state index contributed by atoms with van der Waals surface area (Å²) >= 11 is 0. The van der Waals surface area contributed by atoms with Crippen molar-refractivity contribution in [1.29, 1.82) is 0 Å². The van der Waals surface area contributed by atoms with Crippen LogP contribution in [0.5, 0.6) is 5.75 Å². The van der Waals surface area contributed by atoms with Gasteiger partial charge in [-0.3, -0.25) is 4.98 Å². The van der Waals surface area contributed by atoms with Crippen molar-refractivity contribution in [2.45, 2.75) is 13.5 Å². The Labute approximate surface area is 146 Å². The Bertz CT molecular complexity index is 976. The van der Waals surface area contributed by atoms with Crippen molar-refractivity contribution >= 4 is 11.1 Å². The molecule has 0 fully saturated rings. The van der Waals surface area contributed by atoms with E-state index in [1.54, 1.807) is 12.4 Å². The molecule has 0 saturated carbocycles. The monoisotopic (exact) mass is 329 g/mol. The minimum Gasteiger partial charge on any atom is -0.489 e. The second-order valence-electron chi connectivity index (χ2n) is 5.71. The fourth-order valence-corrected chi connectivity index (χ4v) is 2.58. The molecule has 0 unspecified atom stereocenters. The number of nitrogens with zero attached hydrogens (tertiary/aromatic N) is 2. The molecule has 0 aliphatic rings. The molecule has 1 radical (unpaired) electrons. The van der Waals surface area contributed by atoms with Crippen molar-refractivity contribution in [3.05, 3.63) is 84.5 Å². The number of oxazole rings is 1. The molecule has 0 aliphatic carbocycles. The zero-order valence-corrected chi connectivity index (χ0v) is 13.8. The van der Waals surface area contributed by atoms with E-state index >= 15 is 0 Å². The number of aromatic nitrogens is 2. The lowest BCUT2D eigenvalue weighted by molar-refractivity contribution is 0.306. The average Bonchev–Trinajstić information content (AvgIpc) is 3.11. The van der Waals surface area contributed by atoms with E-state index in [9.17, 15) is 0 Å². The summed E-state index contributed by atoms with van der Waals surface area (Å²) in [6, 6.07) is 17.8. The summed E-state index contributed by atoms with van der Waals surface area (Å²) in [5, 5.41) is 0. The number of hydrogen-bond donors (Lipinski definition) is 0. The molecular formula is C21H17N2O2. The van der Waals surface area contributed by atoms with E-state index in [2.05, 4.69) is 40.7 Å². The van der Waals surface area contributed by atoms with Crippen molar-refractivity contribution in [3.63, 3.8) is 0 Å². The summed E-state index contributed by atoms with van der Waals surface area (Å²) in [4.78, 5) is 8.63. The largest absolute Gasteiger partial charge is 0.489 e. The van der Waals surface area contributed by atoms with Crippen LogP contribution < -0.4 is 4.74 Å². The van der Waals surface area contributed by atoms with Gasteiger partial charge in [0, 0.05) is 18.5 Å². The number of hydrogen-bond acceptors (Lipinski definition) is 4. The van der Waals surface area contributed by atoms with Crippen molar-refractivity contribution in [3.8, 4) is 17.2 Å². The van der Waals surface area contributed by atoms with Gasteiger partial charge < -0.3 is 9.15 Å². The third kappa shape index (κ3) is 3.38. The normalized spacial score (nSPS) is 10.9. The Hall–Kier alpha value is -3.14. The molecule has 25 heavy (non-hydrogen) atoms. The van der Waals surface area contributed by atoms with Crippen LogP contribution in [0.3, 0.4) is 0 Å². The van der Waals surface area contributed by atoms with Gasteiger partial charge in [-0.2, -0.15) is 0 Å². The molecule has 4 heteroatoms. The zero-order valence-electron chi connectivity index (χ0n) is 13.8. The Kier molecular flexibility index (Phi) is 4.17. The van der Waals surface area contributed by atoms with E-state index in [-0.39, 0.29) is 0 Å². The predicted octanol–water partition coefficient (Wildman–Crippen LogP) is 5.04. The lowest BCUT2D eigenvalue weighted by atomic mass is 10.1. The van der Waals surface area contributed by atoms with Crippen LogP contribution in [0.15, 0.2) is 71.4 Å². The molecule has 4 aromatic rings. The molecule has 0 aliphatic heterocycles. The van der Waals surface area contributed by atoms with E-state index in [1.165, 1.54) is 5.56 Å². The number of fused-ring (bicyclic) bond motifs is 1. The van der Waals surface area contributed by atoms with Gasteiger partial charge in [0.05, 0.1) is 5.56 Å². The smallest absolute Gasteiger partial charge is 0.228 e. The number of rotatable bonds is 5. The average molecular weight is 329 g/mol. The van der Waals surface area contributed by atoms with E-state index in [0.717, 1.165) is 28.0 Å². The second kappa shape index (κ2) is 6.77. The van der Waals surface area contributed by atoms with Crippen LogP contribution in [0, 0.1) is 6.42 Å². The van der Waals surface area contributed by atoms with E-state index in [4.69, 9.17) is 9.15 Å². The maximum Gasteiger partial charge on any atom is 0.228 e. The lowest BCUT2D eigenvalue weighted by Crippen LogP contribution is -1.95. The molecule has 0 bridgehead atoms. The highest BCUT2D eigenvalue weighted by molar-refractivity contribution is 5.77. The van der Waals surface area contributed by atoms with Crippen LogP contribution in [-0.4, -0.2) is 9.97 Å². The fraction of sp³-hybridized carbons (Fsp3) is 0.0952. The first-order chi connectivity index (χ1) is 12.3. The molecule has 2 aromatic heterocycles. The van der Waals surface area contributed by atoms with Gasteiger partial charge in [-0.1, -0.05) is 31.2 Å². The molecule has 0 N–H and O–H groups in total. The van der Waals surface area contributed by atoms with Crippen LogP contribution in [0.2, 0.25) is 0 Å². The topological polar surface area (TPSA) is 48.2 Å². The van der Waals surface area contributed by atoms with Crippen molar-refractivity contribution < 1.29 is 9.15 Å². The molecule has 0 amide bonds. The fourth-order valence-electron chi connectivity index (χ4n) is 2.58. The van der Waals surface area contributed by atoms with Crippen LogP contribution in [0.25, 0.3) is 22.6 Å². The Morgan fingerprint density at radius 2 is 1.96 bits per heavy atom. The molecule has 0 atom stereocenters. The SMILES string of the molecule is C[CH]c1ccc(COc2ccc3oc(-c4cccnc4)nc3c2)cc1. The Morgan fingerprint density at radius 3 is 2.72 bits per heavy atom. The second-order valence-corrected chi connectivity index (χ2v) is 5.71. The van der Waals surface area contributed by atoms with Crippen molar-refractivity contribution in [1.82, 2.24) is 9.97 Å². The molecule has 0 saturated heterocycles. The summed E-state index contributed by atoms with van der Waals surface area (Å²) in [5.74, 6) is 1.33. The third-order valence-corrected chi connectivity index (χ3v) is 3.99. The van der Waals surface area contributed by atoms with Gasteiger partial charge >= 0.3 is 0 Å². The highest BCUT2D eigenvalue weighted by atomic mass is 16.5. The molecule has 4 rings (SSSR count). The zero-order chi connectivity index (χ0) is 17.1. The van der Waals surface area contributed by atoms with Gasteiger partial charge in [0.2, 0.25) is 5.89 Å². The summed E-state index contributed by atoms with van der Waals surface area (Å²) in [7, 11) is 0. The summed E-state index contributed by atoms with van der Waals surface area (Å²) in [5.41, 5.74) is 4.69. The van der Waals surface area contributed by atoms with Gasteiger partial charge in [0.15, 0.2) is 5.58 Å². The molecule has 123 valence electrons. The highest BCUT2D eigenvalue weighted by Crippen LogP contribution is 2.26. The van der Waals surface area contributed by atoms with Gasteiger partial charge in [-0.15, -0.1) is 0 Å². The Morgan fingerprint density at radius 1 is 1.08 bits per heavy atom. The summed E-state index contributed by atoms with van der Waals surface area (Å²) < 4.78 is 11.7. The molecule has 0 spiro atoms. The first kappa shape index (κ1) is 15.4. The molecule has 4 nitrogen and oxygen atoms in total. The van der Waals surface area contributed by atoms with Crippen LogP contribution >= 0.6 is 0 Å². The first-order valence-corrected chi connectivity index (χ1v) is 8.14.